The topological polar surface area (TPSA) is 0 Å². The molecule has 0 saturated carbocycles. The molecule has 0 heterocycles. The van der Waals surface area contributed by atoms with Crippen LogP contribution in [0.1, 0.15) is 0 Å². The van der Waals surface area contributed by atoms with Crippen molar-refractivity contribution in [3.8, 4) is 0 Å². The van der Waals surface area contributed by atoms with Crippen molar-refractivity contribution >= 4 is 7.85 Å². The van der Waals surface area contributed by atoms with Crippen molar-refractivity contribution in [2.75, 3.05) is 0 Å². The number of hydrogen-bond donors (Lipinski definition) is 0. The van der Waals surface area contributed by atoms with Crippen molar-refractivity contribution in [2.24, 2.45) is 0 Å². The zero-order chi connectivity index (χ0) is 2.00. The van der Waals surface area contributed by atoms with Crippen molar-refractivity contribution in [1.82, 2.24) is 0 Å². The SMILES string of the molecule is BC.[Ti].[Zr]. The minimum absolute atomic E-state index is 0. The first-order valence-electron chi connectivity index (χ1n) is 1.00. The third kappa shape index (κ3) is 9.39. The molecular weight excluding hydrogens is 162 g/mol. The Kier molecular flexibility index (Phi) is 98.2. The Labute approximate surface area is 62.1 Å². The molecule has 0 aliphatic heterocycles. The summed E-state index contributed by atoms with van der Waals surface area (Å²) in [7, 11) is 2.00. The molecule has 0 aromatic carbocycles. The molecule has 0 fully saturated rings. The fourth-order valence-corrected chi connectivity index (χ4v) is 0. The third-order valence-electron chi connectivity index (χ3n) is 0. The van der Waals surface area contributed by atoms with E-state index in [4.69, 9.17) is 0 Å². The molecule has 20 valence electrons. The van der Waals surface area contributed by atoms with E-state index >= 15 is 0 Å². The maximum atomic E-state index is 2.00. The summed E-state index contributed by atoms with van der Waals surface area (Å²) >= 11 is 0. The van der Waals surface area contributed by atoms with Crippen molar-refractivity contribution in [3.63, 3.8) is 0 Å². The Hall–Kier alpha value is 1.66. The van der Waals surface area contributed by atoms with Gasteiger partial charge in [-0.15, -0.1) is 0 Å². The van der Waals surface area contributed by atoms with Crippen LogP contribution in [0.15, 0.2) is 0 Å². The normalized spacial score (nSPS) is 1.25. The molecule has 0 saturated heterocycles. The molecule has 0 radical (unpaired) electrons. The van der Waals surface area contributed by atoms with Gasteiger partial charge in [-0.1, -0.05) is 6.82 Å². The van der Waals surface area contributed by atoms with Gasteiger partial charge in [0.1, 0.15) is 0 Å². The molecule has 0 rings (SSSR count). The summed E-state index contributed by atoms with van der Waals surface area (Å²) in [5, 5.41) is 0. The summed E-state index contributed by atoms with van der Waals surface area (Å²) in [6, 6.07) is 0. The van der Waals surface area contributed by atoms with Gasteiger partial charge in [0.25, 0.3) is 0 Å². The van der Waals surface area contributed by atoms with Gasteiger partial charge in [-0.25, -0.2) is 0 Å². The van der Waals surface area contributed by atoms with E-state index in [0.717, 1.165) is 0 Å². The van der Waals surface area contributed by atoms with Crippen LogP contribution in [0.3, 0.4) is 0 Å². The Morgan fingerprint density at radius 2 is 1.25 bits per heavy atom. The van der Waals surface area contributed by atoms with Crippen molar-refractivity contribution in [3.05, 3.63) is 0 Å². The van der Waals surface area contributed by atoms with E-state index in [-0.39, 0.29) is 47.9 Å². The Morgan fingerprint density at radius 3 is 1.25 bits per heavy atom. The van der Waals surface area contributed by atoms with Gasteiger partial charge in [-0.2, -0.15) is 0 Å². The van der Waals surface area contributed by atoms with Crippen LogP contribution in [0, 0.1) is 0 Å². The zero-order valence-electron chi connectivity index (χ0n) is 3.00. The molecule has 0 N–H and O–H groups in total. The molecule has 0 aromatic heterocycles. The second-order valence-corrected chi connectivity index (χ2v) is 0. The Bertz CT molecular complexity index is 8.00. The molecule has 3 heteroatoms. The van der Waals surface area contributed by atoms with Crippen LogP contribution in [-0.2, 0) is 47.9 Å². The first-order chi connectivity index (χ1) is 1.00. The molecule has 0 aromatic rings. The summed E-state index contributed by atoms with van der Waals surface area (Å²) in [5.41, 5.74) is 0. The van der Waals surface area contributed by atoms with Gasteiger partial charge in [-0.05, 0) is 0 Å². The Morgan fingerprint density at radius 1 is 1.25 bits per heavy atom. The van der Waals surface area contributed by atoms with Crippen LogP contribution in [0.2, 0.25) is 6.82 Å². The van der Waals surface area contributed by atoms with Crippen LogP contribution in [0.25, 0.3) is 0 Å². The largest absolute Gasteiger partial charge is 0.0973 e. The van der Waals surface area contributed by atoms with Gasteiger partial charge in [0.2, 0.25) is 0 Å². The second-order valence-electron chi connectivity index (χ2n) is 0. The fraction of sp³-hybridized carbons (Fsp3) is 1.00. The van der Waals surface area contributed by atoms with Gasteiger partial charge >= 0.3 is 0 Å². The molecule has 0 spiro atoms. The molecule has 0 aliphatic carbocycles. The maximum Gasteiger partial charge on any atom is 0.0973 e. The third-order valence-corrected chi connectivity index (χ3v) is 0. The van der Waals surface area contributed by atoms with E-state index in [9.17, 15) is 0 Å². The molecular formula is CH5BTiZr. The smallest absolute Gasteiger partial charge is 0.0927 e. The van der Waals surface area contributed by atoms with Gasteiger partial charge in [0, 0.05) is 47.9 Å². The molecule has 0 aliphatic rings. The number of hydrogen-bond acceptors (Lipinski definition) is 0. The van der Waals surface area contributed by atoms with E-state index in [0.29, 0.717) is 0 Å². The quantitative estimate of drug-likeness (QED) is 0.433. The van der Waals surface area contributed by atoms with E-state index in [1.54, 1.807) is 0 Å². The van der Waals surface area contributed by atoms with Crippen LogP contribution in [0.4, 0.5) is 0 Å². The van der Waals surface area contributed by atoms with Gasteiger partial charge in [0.05, 0.1) is 7.85 Å². The molecule has 0 nitrogen and oxygen atoms in total. The standard InChI is InChI=1S/CH5B.Ti.Zr/c1-2;;/h2H2,1H3;;. The van der Waals surface area contributed by atoms with Gasteiger partial charge < -0.3 is 0 Å². The van der Waals surface area contributed by atoms with E-state index in [1.807, 2.05) is 14.7 Å². The summed E-state index contributed by atoms with van der Waals surface area (Å²) in [6.45, 7) is 2.00. The first-order valence-corrected chi connectivity index (χ1v) is 1.00. The maximum absolute atomic E-state index is 2.00. The average molecular weight is 167 g/mol. The van der Waals surface area contributed by atoms with Crippen LogP contribution in [0.5, 0.6) is 0 Å². The predicted molar refractivity (Wildman–Crippen MR) is 14.4 cm³/mol. The monoisotopic (exact) mass is 166 g/mol. The van der Waals surface area contributed by atoms with Gasteiger partial charge in [-0.3, -0.25) is 0 Å². The molecule has 4 heavy (non-hydrogen) atoms. The molecule has 0 bridgehead atoms. The summed E-state index contributed by atoms with van der Waals surface area (Å²) in [4.78, 5) is 0. The van der Waals surface area contributed by atoms with Crippen molar-refractivity contribution in [1.29, 1.82) is 0 Å². The predicted octanol–water partition coefficient (Wildman–Crippen LogP) is -0.337. The van der Waals surface area contributed by atoms with Crippen molar-refractivity contribution in [2.45, 2.75) is 6.82 Å². The van der Waals surface area contributed by atoms with E-state index in [1.165, 1.54) is 0 Å². The number of rotatable bonds is 0. The molecule has 0 unspecified atom stereocenters. The average Bonchev–Trinajstić information content (AvgIpc) is 1.00. The summed E-state index contributed by atoms with van der Waals surface area (Å²) in [6.07, 6.45) is 0. The minimum atomic E-state index is 0. The fourth-order valence-electron chi connectivity index (χ4n) is 0. The van der Waals surface area contributed by atoms with Crippen molar-refractivity contribution < 1.29 is 47.9 Å². The summed E-state index contributed by atoms with van der Waals surface area (Å²) in [5.74, 6) is 0. The molecule has 0 atom stereocenters. The Balaban J connectivity index is -0.00000000500. The zero-order valence-corrected chi connectivity index (χ0v) is 7.02. The summed E-state index contributed by atoms with van der Waals surface area (Å²) < 4.78 is 0. The van der Waals surface area contributed by atoms with E-state index < -0.39 is 0 Å². The van der Waals surface area contributed by atoms with Crippen LogP contribution in [-0.4, -0.2) is 7.85 Å². The van der Waals surface area contributed by atoms with E-state index in [2.05, 4.69) is 0 Å². The first kappa shape index (κ1) is 17.4. The minimum Gasteiger partial charge on any atom is -0.0927 e. The van der Waals surface area contributed by atoms with Gasteiger partial charge in [0.15, 0.2) is 0 Å². The van der Waals surface area contributed by atoms with Crippen LogP contribution >= 0.6 is 0 Å². The van der Waals surface area contributed by atoms with Crippen LogP contribution < -0.4 is 0 Å². The molecule has 0 amide bonds. The second kappa shape index (κ2) is 22.6.